The number of nitrogens with zero attached hydrogens (tertiary/aromatic N) is 2. The van der Waals surface area contributed by atoms with Crippen molar-refractivity contribution in [2.24, 2.45) is 5.73 Å². The number of rotatable bonds is 3. The van der Waals surface area contributed by atoms with E-state index in [9.17, 15) is 13.2 Å². The fourth-order valence-corrected chi connectivity index (χ4v) is 1.28. The largest absolute Gasteiger partial charge is 0.433 e. The summed E-state index contributed by atoms with van der Waals surface area (Å²) in [7, 11) is 3.23. The van der Waals surface area contributed by atoms with Crippen LogP contribution in [-0.4, -0.2) is 29.1 Å². The molecule has 0 aliphatic rings. The van der Waals surface area contributed by atoms with Crippen molar-refractivity contribution < 1.29 is 13.2 Å². The smallest absolute Gasteiger partial charge is 0.389 e. The maximum Gasteiger partial charge on any atom is 0.433 e. The zero-order valence-corrected chi connectivity index (χ0v) is 9.99. The molecule has 1 rings (SSSR count). The number of nitrogens with one attached hydrogen (secondary N) is 1. The monoisotopic (exact) mass is 264 g/mol. The van der Waals surface area contributed by atoms with Crippen LogP contribution in [0.4, 0.5) is 19.0 Å². The lowest BCUT2D eigenvalue weighted by molar-refractivity contribution is -0.141. The van der Waals surface area contributed by atoms with Crippen molar-refractivity contribution in [2.45, 2.75) is 6.18 Å². The van der Waals surface area contributed by atoms with Crippen molar-refractivity contribution in [3.8, 4) is 0 Å². The Morgan fingerprint density at radius 3 is 2.41 bits per heavy atom. The van der Waals surface area contributed by atoms with Gasteiger partial charge >= 0.3 is 6.18 Å². The van der Waals surface area contributed by atoms with Crippen LogP contribution in [0.3, 0.4) is 0 Å². The maximum atomic E-state index is 12.5. The summed E-state index contributed by atoms with van der Waals surface area (Å²) in [6, 6.07) is 2.04. The van der Waals surface area contributed by atoms with Gasteiger partial charge in [-0.15, -0.1) is 0 Å². The third-order valence-electron chi connectivity index (χ3n) is 1.78. The first-order valence-corrected chi connectivity index (χ1v) is 4.94. The summed E-state index contributed by atoms with van der Waals surface area (Å²) in [5.74, 6) is -0.0164. The SMILES string of the molecule is CN(C)Nc1nc(C(F)(F)F)ccc1C(N)=S. The summed E-state index contributed by atoms with van der Waals surface area (Å²) in [4.78, 5) is 3.44. The minimum Gasteiger partial charge on any atom is -0.389 e. The molecule has 0 saturated heterocycles. The highest BCUT2D eigenvalue weighted by Gasteiger charge is 2.33. The maximum absolute atomic E-state index is 12.5. The third-order valence-corrected chi connectivity index (χ3v) is 2.00. The van der Waals surface area contributed by atoms with Crippen LogP contribution in [0.1, 0.15) is 11.3 Å². The molecule has 94 valence electrons. The van der Waals surface area contributed by atoms with Gasteiger partial charge in [0.25, 0.3) is 0 Å². The van der Waals surface area contributed by atoms with Gasteiger partial charge in [0.1, 0.15) is 10.7 Å². The van der Waals surface area contributed by atoms with E-state index in [1.165, 1.54) is 11.1 Å². The van der Waals surface area contributed by atoms with Gasteiger partial charge < -0.3 is 11.2 Å². The minimum absolute atomic E-state index is 0.0164. The molecule has 0 saturated carbocycles. The molecule has 1 aromatic heterocycles. The number of pyridine rings is 1. The minimum atomic E-state index is -4.50. The highest BCUT2D eigenvalue weighted by molar-refractivity contribution is 7.80. The molecule has 0 aliphatic heterocycles. The summed E-state index contributed by atoms with van der Waals surface area (Å²) in [5.41, 5.74) is 7.29. The van der Waals surface area contributed by atoms with Gasteiger partial charge in [-0.25, -0.2) is 9.99 Å². The van der Waals surface area contributed by atoms with E-state index < -0.39 is 11.9 Å². The first-order chi connectivity index (χ1) is 7.71. The second kappa shape index (κ2) is 4.84. The topological polar surface area (TPSA) is 54.2 Å². The Morgan fingerprint density at radius 1 is 1.41 bits per heavy atom. The van der Waals surface area contributed by atoms with Crippen molar-refractivity contribution in [2.75, 3.05) is 19.5 Å². The zero-order valence-electron chi connectivity index (χ0n) is 9.17. The lowest BCUT2D eigenvalue weighted by Crippen LogP contribution is -2.25. The second-order valence-corrected chi connectivity index (χ2v) is 3.90. The number of hydrogen-bond acceptors (Lipinski definition) is 4. The van der Waals surface area contributed by atoms with Crippen molar-refractivity contribution in [3.05, 3.63) is 23.4 Å². The van der Waals surface area contributed by atoms with E-state index in [0.29, 0.717) is 0 Å². The van der Waals surface area contributed by atoms with Gasteiger partial charge in [-0.3, -0.25) is 0 Å². The van der Waals surface area contributed by atoms with Crippen molar-refractivity contribution in [1.29, 1.82) is 0 Å². The number of nitrogens with two attached hydrogens (primary N) is 1. The van der Waals surface area contributed by atoms with Crippen LogP contribution in [0.5, 0.6) is 0 Å². The summed E-state index contributed by atoms with van der Waals surface area (Å²) >= 11 is 4.74. The number of anilines is 1. The lowest BCUT2D eigenvalue weighted by atomic mass is 10.2. The molecule has 0 unspecified atom stereocenters. The number of halogens is 3. The van der Waals surface area contributed by atoms with Gasteiger partial charge in [-0.1, -0.05) is 12.2 Å². The number of thiocarbonyl (C=S) groups is 1. The van der Waals surface area contributed by atoms with Crippen LogP contribution in [0.2, 0.25) is 0 Å². The molecular weight excluding hydrogens is 253 g/mol. The molecule has 4 nitrogen and oxygen atoms in total. The highest BCUT2D eigenvalue weighted by Crippen LogP contribution is 2.29. The van der Waals surface area contributed by atoms with E-state index in [2.05, 4.69) is 10.4 Å². The summed E-state index contributed by atoms with van der Waals surface area (Å²) in [6.07, 6.45) is -4.50. The van der Waals surface area contributed by atoms with Crippen LogP contribution in [0, 0.1) is 0 Å². The van der Waals surface area contributed by atoms with E-state index in [4.69, 9.17) is 18.0 Å². The summed E-state index contributed by atoms with van der Waals surface area (Å²) < 4.78 is 37.4. The van der Waals surface area contributed by atoms with Crippen molar-refractivity contribution in [3.63, 3.8) is 0 Å². The Bertz CT molecular complexity index is 431. The predicted octanol–water partition coefficient (Wildman–Crippen LogP) is 1.62. The Kier molecular flexibility index (Phi) is 3.89. The van der Waals surface area contributed by atoms with E-state index in [0.717, 1.165) is 6.07 Å². The number of aromatic nitrogens is 1. The third kappa shape index (κ3) is 3.53. The Labute approximate surface area is 102 Å². The first kappa shape index (κ1) is 13.7. The summed E-state index contributed by atoms with van der Waals surface area (Å²) in [6.45, 7) is 0. The number of hydrazine groups is 1. The molecular formula is C9H11F3N4S. The molecule has 0 amide bonds. The Morgan fingerprint density at radius 2 is 2.00 bits per heavy atom. The van der Waals surface area contributed by atoms with Gasteiger partial charge in [0.05, 0.1) is 5.56 Å². The Hall–Kier alpha value is -1.41. The molecule has 0 fully saturated rings. The second-order valence-electron chi connectivity index (χ2n) is 3.46. The normalized spacial score (nSPS) is 11.6. The van der Waals surface area contributed by atoms with Crippen LogP contribution >= 0.6 is 12.2 Å². The first-order valence-electron chi connectivity index (χ1n) is 4.54. The van der Waals surface area contributed by atoms with Crippen LogP contribution in [-0.2, 0) is 6.18 Å². The van der Waals surface area contributed by atoms with Crippen LogP contribution in [0.25, 0.3) is 0 Å². The molecule has 17 heavy (non-hydrogen) atoms. The van der Waals surface area contributed by atoms with Crippen molar-refractivity contribution >= 4 is 23.0 Å². The highest BCUT2D eigenvalue weighted by atomic mass is 32.1. The average molecular weight is 264 g/mol. The molecule has 1 aromatic rings. The van der Waals surface area contributed by atoms with E-state index in [1.807, 2.05) is 0 Å². The number of alkyl halides is 3. The molecule has 3 N–H and O–H groups in total. The fourth-order valence-electron chi connectivity index (χ4n) is 1.11. The lowest BCUT2D eigenvalue weighted by Gasteiger charge is -2.17. The van der Waals surface area contributed by atoms with Crippen molar-refractivity contribution in [1.82, 2.24) is 9.99 Å². The summed E-state index contributed by atoms with van der Waals surface area (Å²) in [5, 5.41) is 1.45. The molecule has 0 spiro atoms. The predicted molar refractivity (Wildman–Crippen MR) is 62.4 cm³/mol. The van der Waals surface area contributed by atoms with Crippen LogP contribution < -0.4 is 11.2 Å². The van der Waals surface area contributed by atoms with Gasteiger partial charge in [0, 0.05) is 14.1 Å². The van der Waals surface area contributed by atoms with E-state index in [-0.39, 0.29) is 16.4 Å². The van der Waals surface area contributed by atoms with Gasteiger partial charge in [0.2, 0.25) is 0 Å². The molecule has 0 radical (unpaired) electrons. The quantitative estimate of drug-likeness (QED) is 0.642. The van der Waals surface area contributed by atoms with Gasteiger partial charge in [0.15, 0.2) is 5.82 Å². The van der Waals surface area contributed by atoms with Gasteiger partial charge in [-0.2, -0.15) is 13.2 Å². The average Bonchev–Trinajstić information content (AvgIpc) is 2.14. The molecule has 8 heteroatoms. The zero-order chi connectivity index (χ0) is 13.2. The Balaban J connectivity index is 3.24. The molecule has 0 bridgehead atoms. The van der Waals surface area contributed by atoms with Crippen LogP contribution in [0.15, 0.2) is 12.1 Å². The van der Waals surface area contributed by atoms with E-state index >= 15 is 0 Å². The standard InChI is InChI=1S/C9H11F3N4S/c1-16(2)15-8-5(7(13)17)3-4-6(14-8)9(10,11)12/h3-4H,1-2H3,(H2,13,17)(H,14,15). The molecule has 0 aromatic carbocycles. The molecule has 0 aliphatic carbocycles. The fraction of sp³-hybridized carbons (Fsp3) is 0.333. The molecule has 1 heterocycles. The molecule has 0 atom stereocenters. The number of hydrogen-bond donors (Lipinski definition) is 2. The van der Waals surface area contributed by atoms with Gasteiger partial charge in [-0.05, 0) is 12.1 Å². The van der Waals surface area contributed by atoms with E-state index in [1.54, 1.807) is 14.1 Å².